The molecule has 0 saturated carbocycles. The maximum absolute atomic E-state index is 13.0. The van der Waals surface area contributed by atoms with Crippen LogP contribution < -0.4 is 10.1 Å². The van der Waals surface area contributed by atoms with E-state index in [1.807, 2.05) is 73.7 Å². The second kappa shape index (κ2) is 11.0. The van der Waals surface area contributed by atoms with Gasteiger partial charge in [-0.2, -0.15) is 0 Å². The van der Waals surface area contributed by atoms with Gasteiger partial charge in [0.15, 0.2) is 0 Å². The van der Waals surface area contributed by atoms with Crippen LogP contribution in [-0.2, 0) is 12.4 Å². The molecule has 0 fully saturated rings. The van der Waals surface area contributed by atoms with Crippen LogP contribution in [0.4, 0.5) is 0 Å². The molecule has 1 atom stereocenters. The topological polar surface area (TPSA) is 51.2 Å². The van der Waals surface area contributed by atoms with Crippen LogP contribution in [0.3, 0.4) is 0 Å². The molecular weight excluding hydrogens is 436 g/mol. The molecule has 2 aromatic heterocycles. The number of hydrogen-bond donors (Lipinski definition) is 1. The number of thiophene rings is 1. The molecular formula is C26H24N2O2S2. The highest BCUT2D eigenvalue weighted by Gasteiger charge is 2.15. The minimum Gasteiger partial charge on any atom is -0.487 e. The largest absolute Gasteiger partial charge is 0.487 e. The summed E-state index contributed by atoms with van der Waals surface area (Å²) in [5.41, 5.74) is 2.56. The van der Waals surface area contributed by atoms with E-state index >= 15 is 0 Å². The number of carbonyl (C=O) groups excluding carboxylic acids is 1. The Morgan fingerprint density at radius 3 is 2.75 bits per heavy atom. The van der Waals surface area contributed by atoms with Gasteiger partial charge in [0, 0.05) is 21.7 Å². The van der Waals surface area contributed by atoms with Crippen molar-refractivity contribution in [3.63, 3.8) is 0 Å². The molecule has 1 N–H and O–H groups in total. The number of benzene rings is 2. The lowest BCUT2D eigenvalue weighted by Crippen LogP contribution is -2.27. The summed E-state index contributed by atoms with van der Waals surface area (Å²) in [5.74, 6) is 1.53. The lowest BCUT2D eigenvalue weighted by Gasteiger charge is -2.17. The van der Waals surface area contributed by atoms with Crippen molar-refractivity contribution >= 4 is 29.0 Å². The van der Waals surface area contributed by atoms with Crippen LogP contribution in [-0.4, -0.2) is 10.9 Å². The molecule has 2 aromatic carbocycles. The van der Waals surface area contributed by atoms with Gasteiger partial charge in [0.2, 0.25) is 0 Å². The molecule has 0 aliphatic carbocycles. The number of thioether (sulfide) groups is 1. The quantitative estimate of drug-likeness (QED) is 0.290. The van der Waals surface area contributed by atoms with Crippen molar-refractivity contribution in [2.75, 3.05) is 0 Å². The third-order valence-electron chi connectivity index (χ3n) is 4.90. The van der Waals surface area contributed by atoms with Crippen LogP contribution in [0.15, 0.2) is 95.3 Å². The summed E-state index contributed by atoms with van der Waals surface area (Å²) in [5, 5.41) is 5.20. The highest BCUT2D eigenvalue weighted by molar-refractivity contribution is 7.98. The number of nitrogens with one attached hydrogen (secondary N) is 1. The molecule has 6 heteroatoms. The summed E-state index contributed by atoms with van der Waals surface area (Å²) in [7, 11) is 0. The number of ether oxygens (including phenoxy) is 1. The zero-order valence-electron chi connectivity index (χ0n) is 17.7. The number of carbonyl (C=O) groups is 1. The van der Waals surface area contributed by atoms with Gasteiger partial charge < -0.3 is 10.1 Å². The van der Waals surface area contributed by atoms with E-state index in [1.165, 1.54) is 4.88 Å². The standard InChI is InChI=1S/C26H24N2O2S2/c1-19(20-8-6-10-22(16-20)30-17-21-9-4-5-14-27-21)28-26(29)24-12-2-3-13-25(24)32-18-23-11-7-15-31-23/h2-16,19H,17-18H2,1H3,(H,28,29). The van der Waals surface area contributed by atoms with Crippen LogP contribution >= 0.6 is 23.1 Å². The first-order chi connectivity index (χ1) is 15.7. The third kappa shape index (κ3) is 5.99. The van der Waals surface area contributed by atoms with E-state index in [-0.39, 0.29) is 11.9 Å². The van der Waals surface area contributed by atoms with Crippen LogP contribution in [0.25, 0.3) is 0 Å². The molecule has 1 amide bonds. The minimum atomic E-state index is -0.156. The molecule has 4 nitrogen and oxygen atoms in total. The number of amides is 1. The zero-order valence-corrected chi connectivity index (χ0v) is 19.4. The second-order valence-corrected chi connectivity index (χ2v) is 9.29. The molecule has 0 spiro atoms. The maximum atomic E-state index is 13.0. The van der Waals surface area contributed by atoms with Crippen molar-refractivity contribution in [3.05, 3.63) is 112 Å². The summed E-state index contributed by atoms with van der Waals surface area (Å²) in [6, 6.07) is 25.3. The molecule has 0 bridgehead atoms. The number of aromatic nitrogens is 1. The van der Waals surface area contributed by atoms with Gasteiger partial charge in [0.05, 0.1) is 17.3 Å². The third-order valence-corrected chi connectivity index (χ3v) is 7.08. The highest BCUT2D eigenvalue weighted by atomic mass is 32.2. The van der Waals surface area contributed by atoms with E-state index < -0.39 is 0 Å². The minimum absolute atomic E-state index is 0.0772. The average molecular weight is 461 g/mol. The van der Waals surface area contributed by atoms with Gasteiger partial charge in [0.1, 0.15) is 12.4 Å². The molecule has 4 aromatic rings. The van der Waals surface area contributed by atoms with Gasteiger partial charge in [-0.1, -0.05) is 36.4 Å². The zero-order chi connectivity index (χ0) is 22.2. The number of rotatable bonds is 9. The summed E-state index contributed by atoms with van der Waals surface area (Å²) < 4.78 is 5.88. The lowest BCUT2D eigenvalue weighted by molar-refractivity contribution is 0.0937. The SMILES string of the molecule is CC(NC(=O)c1ccccc1SCc1cccs1)c1cccc(OCc2ccccn2)c1. The molecule has 0 saturated heterocycles. The van der Waals surface area contributed by atoms with E-state index in [9.17, 15) is 4.79 Å². The van der Waals surface area contributed by atoms with E-state index in [1.54, 1.807) is 29.3 Å². The van der Waals surface area contributed by atoms with Crippen LogP contribution in [0.2, 0.25) is 0 Å². The first-order valence-electron chi connectivity index (χ1n) is 10.4. The predicted octanol–water partition coefficient (Wildman–Crippen LogP) is 6.51. The number of nitrogens with zero attached hydrogens (tertiary/aromatic N) is 1. The monoisotopic (exact) mass is 460 g/mol. The van der Waals surface area contributed by atoms with Gasteiger partial charge in [-0.25, -0.2) is 0 Å². The number of hydrogen-bond acceptors (Lipinski definition) is 5. The molecule has 32 heavy (non-hydrogen) atoms. The molecule has 0 aliphatic rings. The fraction of sp³-hybridized carbons (Fsp3) is 0.154. The van der Waals surface area contributed by atoms with Gasteiger partial charge >= 0.3 is 0 Å². The average Bonchev–Trinajstić information content (AvgIpc) is 3.36. The van der Waals surface area contributed by atoms with E-state index in [0.29, 0.717) is 12.2 Å². The predicted molar refractivity (Wildman–Crippen MR) is 131 cm³/mol. The first-order valence-corrected chi connectivity index (χ1v) is 12.2. The molecule has 162 valence electrons. The Kier molecular flexibility index (Phi) is 7.59. The Morgan fingerprint density at radius 1 is 1.06 bits per heavy atom. The Balaban J connectivity index is 1.39. The second-order valence-electron chi connectivity index (χ2n) is 7.24. The highest BCUT2D eigenvalue weighted by Crippen LogP contribution is 2.28. The van der Waals surface area contributed by atoms with Crippen molar-refractivity contribution in [1.29, 1.82) is 0 Å². The van der Waals surface area contributed by atoms with Gasteiger partial charge in [-0.15, -0.1) is 23.1 Å². The normalized spacial score (nSPS) is 11.7. The van der Waals surface area contributed by atoms with E-state index in [4.69, 9.17) is 4.74 Å². The van der Waals surface area contributed by atoms with E-state index in [2.05, 4.69) is 27.8 Å². The molecule has 1 unspecified atom stereocenters. The summed E-state index contributed by atoms with van der Waals surface area (Å²) in [4.78, 5) is 19.6. The molecule has 0 radical (unpaired) electrons. The summed E-state index contributed by atoms with van der Waals surface area (Å²) in [6.07, 6.45) is 1.75. The Labute approximate surface area is 196 Å². The lowest BCUT2D eigenvalue weighted by atomic mass is 10.1. The van der Waals surface area contributed by atoms with Gasteiger partial charge in [-0.3, -0.25) is 9.78 Å². The van der Waals surface area contributed by atoms with Crippen LogP contribution in [0.1, 0.15) is 39.5 Å². The van der Waals surface area contributed by atoms with Crippen molar-refractivity contribution < 1.29 is 9.53 Å². The van der Waals surface area contributed by atoms with Gasteiger partial charge in [0.25, 0.3) is 5.91 Å². The maximum Gasteiger partial charge on any atom is 0.252 e. The molecule has 2 heterocycles. The van der Waals surface area contributed by atoms with Crippen LogP contribution in [0.5, 0.6) is 5.75 Å². The Morgan fingerprint density at radius 2 is 1.94 bits per heavy atom. The fourth-order valence-corrected chi connectivity index (χ4v) is 5.02. The Hall–Kier alpha value is -3.09. The van der Waals surface area contributed by atoms with Crippen molar-refractivity contribution in [2.24, 2.45) is 0 Å². The fourth-order valence-electron chi connectivity index (χ4n) is 3.20. The van der Waals surface area contributed by atoms with Crippen molar-refractivity contribution in [1.82, 2.24) is 10.3 Å². The smallest absolute Gasteiger partial charge is 0.252 e. The van der Waals surface area contributed by atoms with Crippen LogP contribution in [0, 0.1) is 0 Å². The summed E-state index contributed by atoms with van der Waals surface area (Å²) >= 11 is 3.42. The summed E-state index contributed by atoms with van der Waals surface area (Å²) in [6.45, 7) is 2.39. The van der Waals surface area contributed by atoms with Crippen molar-refractivity contribution in [3.8, 4) is 5.75 Å². The van der Waals surface area contributed by atoms with Gasteiger partial charge in [-0.05, 0) is 60.3 Å². The van der Waals surface area contributed by atoms with E-state index in [0.717, 1.165) is 27.7 Å². The van der Waals surface area contributed by atoms with Crippen molar-refractivity contribution in [2.45, 2.75) is 30.2 Å². The molecule has 4 rings (SSSR count). The number of pyridine rings is 1. The molecule has 0 aliphatic heterocycles. The first kappa shape index (κ1) is 22.1. The Bertz CT molecular complexity index is 1150.